The summed E-state index contributed by atoms with van der Waals surface area (Å²) >= 11 is 0. The first kappa shape index (κ1) is 12.5. The van der Waals surface area contributed by atoms with Crippen LogP contribution in [0.5, 0.6) is 11.8 Å². The predicted molar refractivity (Wildman–Crippen MR) is 67.7 cm³/mol. The van der Waals surface area contributed by atoms with Crippen LogP contribution in [0, 0.1) is 11.3 Å². The summed E-state index contributed by atoms with van der Waals surface area (Å²) in [6, 6.07) is 8.04. The van der Waals surface area contributed by atoms with Crippen molar-refractivity contribution >= 4 is 11.5 Å². The van der Waals surface area contributed by atoms with Crippen molar-refractivity contribution in [1.29, 1.82) is 5.26 Å². The van der Waals surface area contributed by atoms with Gasteiger partial charge in [-0.05, 0) is 31.2 Å². The van der Waals surface area contributed by atoms with Crippen LogP contribution in [0.15, 0.2) is 30.5 Å². The fourth-order valence-corrected chi connectivity index (χ4v) is 1.46. The molecule has 0 atom stereocenters. The summed E-state index contributed by atoms with van der Waals surface area (Å²) in [5, 5.41) is 8.74. The van der Waals surface area contributed by atoms with E-state index in [2.05, 4.69) is 9.97 Å². The third-order valence-corrected chi connectivity index (χ3v) is 2.33. The van der Waals surface area contributed by atoms with Crippen LogP contribution >= 0.6 is 0 Å². The van der Waals surface area contributed by atoms with Crippen LogP contribution in [-0.2, 0) is 0 Å². The lowest BCUT2D eigenvalue weighted by Crippen LogP contribution is -2.01. The number of nitrogens with zero attached hydrogens (tertiary/aromatic N) is 3. The van der Waals surface area contributed by atoms with Crippen LogP contribution in [0.3, 0.4) is 0 Å². The Labute approximate surface area is 109 Å². The third kappa shape index (κ3) is 2.84. The SMILES string of the molecule is CC(=O)c1cc(N)ccc1Oc1nccc(C#N)n1. The number of ketones is 1. The van der Waals surface area contributed by atoms with E-state index in [4.69, 9.17) is 15.7 Å². The van der Waals surface area contributed by atoms with Gasteiger partial charge in [0.15, 0.2) is 5.78 Å². The first-order valence-electron chi connectivity index (χ1n) is 5.41. The average Bonchev–Trinajstić information content (AvgIpc) is 2.41. The molecule has 94 valence electrons. The molecule has 1 aromatic carbocycles. The highest BCUT2D eigenvalue weighted by Gasteiger charge is 2.11. The summed E-state index contributed by atoms with van der Waals surface area (Å²) in [5.74, 6) is 0.121. The lowest BCUT2D eigenvalue weighted by Gasteiger charge is -2.08. The van der Waals surface area contributed by atoms with Gasteiger partial charge in [-0.2, -0.15) is 10.2 Å². The second-order valence-corrected chi connectivity index (χ2v) is 3.75. The van der Waals surface area contributed by atoms with E-state index in [1.165, 1.54) is 25.3 Å². The van der Waals surface area contributed by atoms with Crippen LogP contribution in [0.2, 0.25) is 0 Å². The molecule has 0 aliphatic carbocycles. The smallest absolute Gasteiger partial charge is 0.323 e. The molecular weight excluding hydrogens is 244 g/mol. The number of ether oxygens (including phenoxy) is 1. The Balaban J connectivity index is 2.38. The lowest BCUT2D eigenvalue weighted by molar-refractivity contribution is 0.101. The second kappa shape index (κ2) is 5.14. The molecule has 1 aromatic heterocycles. The predicted octanol–water partition coefficient (Wildman–Crippen LogP) is 1.93. The summed E-state index contributed by atoms with van der Waals surface area (Å²) < 4.78 is 5.42. The molecule has 0 saturated heterocycles. The molecule has 2 aromatic rings. The van der Waals surface area contributed by atoms with Gasteiger partial charge < -0.3 is 10.5 Å². The summed E-state index contributed by atoms with van der Waals surface area (Å²) in [6.07, 6.45) is 1.41. The number of aromatic nitrogens is 2. The maximum atomic E-state index is 11.5. The number of benzene rings is 1. The number of hydrogen-bond donors (Lipinski definition) is 1. The van der Waals surface area contributed by atoms with Crippen molar-refractivity contribution in [2.24, 2.45) is 0 Å². The molecule has 0 amide bonds. The number of carbonyl (C=O) groups is 1. The number of nitriles is 1. The molecule has 0 bridgehead atoms. The Hall–Kier alpha value is -2.94. The van der Waals surface area contributed by atoms with E-state index < -0.39 is 0 Å². The fraction of sp³-hybridized carbons (Fsp3) is 0.0769. The number of carbonyl (C=O) groups excluding carboxylic acids is 1. The zero-order valence-corrected chi connectivity index (χ0v) is 10.1. The summed E-state index contributed by atoms with van der Waals surface area (Å²) in [5.41, 5.74) is 6.61. The summed E-state index contributed by atoms with van der Waals surface area (Å²) in [4.78, 5) is 19.3. The van der Waals surface area contributed by atoms with Crippen LogP contribution in [0.25, 0.3) is 0 Å². The van der Waals surface area contributed by atoms with E-state index in [0.717, 1.165) is 0 Å². The maximum absolute atomic E-state index is 11.5. The number of nitrogens with two attached hydrogens (primary N) is 1. The van der Waals surface area contributed by atoms with Gasteiger partial charge in [-0.15, -0.1) is 0 Å². The Morgan fingerprint density at radius 2 is 2.21 bits per heavy atom. The molecule has 0 spiro atoms. The van der Waals surface area contributed by atoms with Gasteiger partial charge in [0.1, 0.15) is 17.5 Å². The van der Waals surface area contributed by atoms with E-state index in [9.17, 15) is 4.79 Å². The number of Topliss-reactive ketones (excluding diaryl/α,β-unsaturated/α-hetero) is 1. The van der Waals surface area contributed by atoms with E-state index in [1.807, 2.05) is 6.07 Å². The molecule has 0 aliphatic heterocycles. The molecule has 6 nitrogen and oxygen atoms in total. The number of hydrogen-bond acceptors (Lipinski definition) is 6. The normalized spacial score (nSPS) is 9.68. The standard InChI is InChI=1S/C13H10N4O2/c1-8(18)11-6-9(15)2-3-12(11)19-13-16-5-4-10(7-14)17-13/h2-6H,15H2,1H3. The molecule has 1 heterocycles. The Bertz CT molecular complexity index is 677. The Morgan fingerprint density at radius 1 is 1.42 bits per heavy atom. The van der Waals surface area contributed by atoms with Gasteiger partial charge in [-0.1, -0.05) is 0 Å². The monoisotopic (exact) mass is 254 g/mol. The van der Waals surface area contributed by atoms with Crippen molar-refractivity contribution in [2.45, 2.75) is 6.92 Å². The average molecular weight is 254 g/mol. The van der Waals surface area contributed by atoms with Crippen molar-refractivity contribution in [2.75, 3.05) is 5.73 Å². The molecule has 0 radical (unpaired) electrons. The highest BCUT2D eigenvalue weighted by molar-refractivity contribution is 5.97. The largest absolute Gasteiger partial charge is 0.423 e. The van der Waals surface area contributed by atoms with E-state index >= 15 is 0 Å². The van der Waals surface area contributed by atoms with Crippen molar-refractivity contribution in [1.82, 2.24) is 9.97 Å². The van der Waals surface area contributed by atoms with Gasteiger partial charge >= 0.3 is 6.01 Å². The zero-order valence-electron chi connectivity index (χ0n) is 10.1. The minimum atomic E-state index is -0.182. The molecule has 0 fully saturated rings. The van der Waals surface area contributed by atoms with Crippen LogP contribution in [0.1, 0.15) is 23.0 Å². The fourth-order valence-electron chi connectivity index (χ4n) is 1.46. The summed E-state index contributed by atoms with van der Waals surface area (Å²) in [7, 11) is 0. The van der Waals surface area contributed by atoms with Crippen LogP contribution < -0.4 is 10.5 Å². The maximum Gasteiger partial charge on any atom is 0.323 e. The van der Waals surface area contributed by atoms with Crippen LogP contribution in [-0.4, -0.2) is 15.8 Å². The van der Waals surface area contributed by atoms with Crippen molar-refractivity contribution in [3.05, 3.63) is 41.7 Å². The first-order valence-corrected chi connectivity index (χ1v) is 5.41. The highest BCUT2D eigenvalue weighted by atomic mass is 16.5. The van der Waals surface area contributed by atoms with E-state index in [1.54, 1.807) is 12.1 Å². The highest BCUT2D eigenvalue weighted by Crippen LogP contribution is 2.25. The zero-order chi connectivity index (χ0) is 13.8. The number of nitrogen functional groups attached to an aromatic ring is 1. The van der Waals surface area contributed by atoms with Crippen molar-refractivity contribution in [3.8, 4) is 17.8 Å². The van der Waals surface area contributed by atoms with E-state index in [0.29, 0.717) is 17.0 Å². The molecule has 19 heavy (non-hydrogen) atoms. The quantitative estimate of drug-likeness (QED) is 0.663. The molecule has 2 N–H and O–H groups in total. The van der Waals surface area contributed by atoms with E-state index in [-0.39, 0.29) is 17.5 Å². The lowest BCUT2D eigenvalue weighted by atomic mass is 10.1. The minimum absolute atomic E-state index is 0.00585. The van der Waals surface area contributed by atoms with Gasteiger partial charge in [0.05, 0.1) is 5.56 Å². The van der Waals surface area contributed by atoms with Crippen molar-refractivity contribution < 1.29 is 9.53 Å². The van der Waals surface area contributed by atoms with Gasteiger partial charge in [-0.3, -0.25) is 4.79 Å². The van der Waals surface area contributed by atoms with Gasteiger partial charge in [0.2, 0.25) is 0 Å². The Kier molecular flexibility index (Phi) is 3.39. The molecule has 2 rings (SSSR count). The second-order valence-electron chi connectivity index (χ2n) is 3.75. The van der Waals surface area contributed by atoms with Crippen LogP contribution in [0.4, 0.5) is 5.69 Å². The molecule has 0 saturated carbocycles. The minimum Gasteiger partial charge on any atom is -0.423 e. The third-order valence-electron chi connectivity index (χ3n) is 2.33. The summed E-state index contributed by atoms with van der Waals surface area (Å²) in [6.45, 7) is 1.41. The first-order chi connectivity index (χ1) is 9.10. The number of rotatable bonds is 3. The van der Waals surface area contributed by atoms with Gasteiger partial charge in [0, 0.05) is 11.9 Å². The van der Waals surface area contributed by atoms with Gasteiger partial charge in [-0.25, -0.2) is 4.98 Å². The topological polar surface area (TPSA) is 102 Å². The van der Waals surface area contributed by atoms with Gasteiger partial charge in [0.25, 0.3) is 0 Å². The molecule has 6 heteroatoms. The molecule has 0 aliphatic rings. The molecular formula is C13H10N4O2. The number of anilines is 1. The van der Waals surface area contributed by atoms with Crippen molar-refractivity contribution in [3.63, 3.8) is 0 Å². The Morgan fingerprint density at radius 3 is 2.89 bits per heavy atom. The molecule has 0 unspecified atom stereocenters.